The molecule has 0 aliphatic rings. The Labute approximate surface area is 238 Å². The molecule has 3 N–H and O–H groups in total. The summed E-state index contributed by atoms with van der Waals surface area (Å²) in [6.45, 7) is 15.1. The average molecular weight is 544 g/mol. The van der Waals surface area contributed by atoms with Crippen molar-refractivity contribution >= 4 is 17.7 Å². The highest BCUT2D eigenvalue weighted by atomic mass is 16.2. The van der Waals surface area contributed by atoms with Gasteiger partial charge >= 0.3 is 0 Å². The molecule has 1 rings (SSSR count). The van der Waals surface area contributed by atoms with Crippen LogP contribution >= 0.6 is 0 Å². The Balaban J connectivity index is 2.76. The quantitative estimate of drug-likeness (QED) is 0.140. The molecule has 0 aliphatic heterocycles. The van der Waals surface area contributed by atoms with E-state index in [4.69, 9.17) is 0 Å². The molecule has 0 aliphatic carbocycles. The van der Waals surface area contributed by atoms with Crippen molar-refractivity contribution in [1.29, 1.82) is 0 Å². The molecule has 0 saturated carbocycles. The normalized spacial score (nSPS) is 11.3. The van der Waals surface area contributed by atoms with Crippen molar-refractivity contribution in [2.75, 3.05) is 19.6 Å². The van der Waals surface area contributed by atoms with E-state index in [1.54, 1.807) is 18.2 Å². The summed E-state index contributed by atoms with van der Waals surface area (Å²) >= 11 is 0. The molecule has 0 radical (unpaired) electrons. The van der Waals surface area contributed by atoms with Gasteiger partial charge in [-0.25, -0.2) is 0 Å². The van der Waals surface area contributed by atoms with E-state index in [9.17, 15) is 14.4 Å². The Morgan fingerprint density at radius 2 is 0.718 bits per heavy atom. The third-order valence-electron chi connectivity index (χ3n) is 6.95. The standard InChI is InChI=1S/C33H57N3O3/c1-25(2)16-10-7-13-19-34-31(37)28-22-29(32(38)35-20-14-8-11-17-26(3)4)24-30(23-28)33(39)36-21-15-9-12-18-27(5)6/h22-27H,7-21H2,1-6H3,(H,34,37)(H,35,38)(H,36,39). The van der Waals surface area contributed by atoms with E-state index in [0.29, 0.717) is 54.1 Å². The van der Waals surface area contributed by atoms with Crippen LogP contribution in [-0.2, 0) is 0 Å². The van der Waals surface area contributed by atoms with Gasteiger partial charge in [-0.05, 0) is 55.2 Å². The van der Waals surface area contributed by atoms with E-state index in [1.165, 1.54) is 19.3 Å². The third kappa shape index (κ3) is 17.0. The number of carbonyl (C=O) groups is 3. The van der Waals surface area contributed by atoms with E-state index >= 15 is 0 Å². The number of nitrogens with one attached hydrogen (secondary N) is 3. The Morgan fingerprint density at radius 3 is 0.949 bits per heavy atom. The Bertz CT molecular complexity index is 727. The molecule has 1 aromatic carbocycles. The minimum atomic E-state index is -0.245. The van der Waals surface area contributed by atoms with Gasteiger partial charge in [-0.2, -0.15) is 0 Å². The Kier molecular flexibility index (Phi) is 18.2. The minimum Gasteiger partial charge on any atom is -0.352 e. The fourth-order valence-electron chi connectivity index (χ4n) is 4.50. The highest BCUT2D eigenvalue weighted by molar-refractivity contribution is 6.04. The van der Waals surface area contributed by atoms with Gasteiger partial charge in [-0.15, -0.1) is 0 Å². The van der Waals surface area contributed by atoms with Crippen LogP contribution in [0.2, 0.25) is 0 Å². The number of carbonyl (C=O) groups excluding carboxylic acids is 3. The third-order valence-corrected chi connectivity index (χ3v) is 6.95. The molecule has 6 heteroatoms. The van der Waals surface area contributed by atoms with Gasteiger partial charge in [0.25, 0.3) is 17.7 Å². The van der Waals surface area contributed by atoms with Crippen molar-refractivity contribution in [3.8, 4) is 0 Å². The maximum Gasteiger partial charge on any atom is 0.251 e. The molecule has 39 heavy (non-hydrogen) atoms. The fraction of sp³-hybridized carbons (Fsp3) is 0.727. The monoisotopic (exact) mass is 543 g/mol. The van der Waals surface area contributed by atoms with Crippen LogP contribution in [0, 0.1) is 17.8 Å². The molecule has 0 heterocycles. The van der Waals surface area contributed by atoms with E-state index in [1.807, 2.05) is 0 Å². The van der Waals surface area contributed by atoms with Crippen LogP contribution in [0.15, 0.2) is 18.2 Å². The zero-order valence-corrected chi connectivity index (χ0v) is 25.8. The molecule has 1 aromatic rings. The van der Waals surface area contributed by atoms with E-state index < -0.39 is 0 Å². The second kappa shape index (κ2) is 20.5. The Morgan fingerprint density at radius 1 is 0.462 bits per heavy atom. The van der Waals surface area contributed by atoms with Gasteiger partial charge in [-0.1, -0.05) is 99.3 Å². The lowest BCUT2D eigenvalue weighted by atomic mass is 10.0. The predicted molar refractivity (Wildman–Crippen MR) is 163 cm³/mol. The molecular weight excluding hydrogens is 486 g/mol. The molecule has 3 amide bonds. The molecule has 222 valence electrons. The number of unbranched alkanes of at least 4 members (excludes halogenated alkanes) is 6. The first-order chi connectivity index (χ1) is 18.6. The van der Waals surface area contributed by atoms with Gasteiger partial charge in [0.1, 0.15) is 0 Å². The Hall–Kier alpha value is -2.37. The van der Waals surface area contributed by atoms with Gasteiger partial charge < -0.3 is 16.0 Å². The first kappa shape index (κ1) is 34.7. The SMILES string of the molecule is CC(C)CCCCCNC(=O)c1cc(C(=O)NCCCCCC(C)C)cc(C(=O)NCCCCCC(C)C)c1. The summed E-state index contributed by atoms with van der Waals surface area (Å²) in [6, 6.07) is 4.81. The summed E-state index contributed by atoms with van der Waals surface area (Å²) < 4.78 is 0. The lowest BCUT2D eigenvalue weighted by molar-refractivity contribution is 0.0952. The minimum absolute atomic E-state index is 0.245. The summed E-state index contributed by atoms with van der Waals surface area (Å²) in [5.74, 6) is 1.34. The van der Waals surface area contributed by atoms with Crippen molar-refractivity contribution in [3.05, 3.63) is 34.9 Å². The van der Waals surface area contributed by atoms with Gasteiger partial charge in [0.2, 0.25) is 0 Å². The average Bonchev–Trinajstić information content (AvgIpc) is 2.88. The number of rotatable bonds is 21. The van der Waals surface area contributed by atoms with E-state index in [2.05, 4.69) is 57.5 Å². The molecule has 0 bridgehead atoms. The molecule has 0 spiro atoms. The van der Waals surface area contributed by atoms with Gasteiger partial charge in [0.15, 0.2) is 0 Å². The molecule has 0 fully saturated rings. The van der Waals surface area contributed by atoms with Crippen molar-refractivity contribution < 1.29 is 14.4 Å². The van der Waals surface area contributed by atoms with Gasteiger partial charge in [-0.3, -0.25) is 14.4 Å². The summed E-state index contributed by atoms with van der Waals surface area (Å²) in [4.78, 5) is 38.8. The molecule has 0 atom stereocenters. The summed E-state index contributed by atoms with van der Waals surface area (Å²) in [7, 11) is 0. The summed E-state index contributed by atoms with van der Waals surface area (Å²) in [5, 5.41) is 8.90. The molecule has 0 saturated heterocycles. The van der Waals surface area contributed by atoms with Crippen molar-refractivity contribution in [2.24, 2.45) is 17.8 Å². The first-order valence-electron chi connectivity index (χ1n) is 15.6. The smallest absolute Gasteiger partial charge is 0.251 e. The lowest BCUT2D eigenvalue weighted by Gasteiger charge is -2.12. The molecular formula is C33H57N3O3. The van der Waals surface area contributed by atoms with Crippen LogP contribution in [0.5, 0.6) is 0 Å². The van der Waals surface area contributed by atoms with Crippen LogP contribution < -0.4 is 16.0 Å². The molecule has 6 nitrogen and oxygen atoms in total. The van der Waals surface area contributed by atoms with Crippen molar-refractivity contribution in [2.45, 2.75) is 119 Å². The second-order valence-corrected chi connectivity index (χ2v) is 12.3. The summed E-state index contributed by atoms with van der Waals surface area (Å²) in [5.41, 5.74) is 1.05. The number of amides is 3. The number of hydrogen-bond donors (Lipinski definition) is 3. The molecule has 0 unspecified atom stereocenters. The van der Waals surface area contributed by atoms with E-state index in [0.717, 1.165) is 57.8 Å². The lowest BCUT2D eigenvalue weighted by Crippen LogP contribution is -2.29. The number of benzene rings is 1. The van der Waals surface area contributed by atoms with Crippen LogP contribution in [0.25, 0.3) is 0 Å². The van der Waals surface area contributed by atoms with E-state index in [-0.39, 0.29) is 17.7 Å². The second-order valence-electron chi connectivity index (χ2n) is 12.3. The van der Waals surface area contributed by atoms with Crippen LogP contribution in [-0.4, -0.2) is 37.4 Å². The largest absolute Gasteiger partial charge is 0.352 e. The maximum atomic E-state index is 12.9. The topological polar surface area (TPSA) is 87.3 Å². The van der Waals surface area contributed by atoms with Crippen molar-refractivity contribution in [1.82, 2.24) is 16.0 Å². The highest BCUT2D eigenvalue weighted by Crippen LogP contribution is 2.14. The first-order valence-corrected chi connectivity index (χ1v) is 15.6. The zero-order valence-electron chi connectivity index (χ0n) is 25.8. The van der Waals surface area contributed by atoms with Gasteiger partial charge in [0, 0.05) is 36.3 Å². The predicted octanol–water partition coefficient (Wildman–Crippen LogP) is 7.53. The highest BCUT2D eigenvalue weighted by Gasteiger charge is 2.16. The maximum absolute atomic E-state index is 12.9. The summed E-state index contributed by atoms with van der Waals surface area (Å²) in [6.07, 6.45) is 13.0. The van der Waals surface area contributed by atoms with Gasteiger partial charge in [0.05, 0.1) is 0 Å². The van der Waals surface area contributed by atoms with Crippen LogP contribution in [0.1, 0.15) is 150 Å². The fourth-order valence-corrected chi connectivity index (χ4v) is 4.50. The number of hydrogen-bond acceptors (Lipinski definition) is 3. The van der Waals surface area contributed by atoms with Crippen molar-refractivity contribution in [3.63, 3.8) is 0 Å². The zero-order chi connectivity index (χ0) is 29.0. The van der Waals surface area contributed by atoms with Crippen LogP contribution in [0.3, 0.4) is 0 Å². The molecule has 0 aromatic heterocycles. The van der Waals surface area contributed by atoms with Crippen LogP contribution in [0.4, 0.5) is 0 Å².